The maximum Gasteiger partial charge on any atom is 0.242 e. The summed E-state index contributed by atoms with van der Waals surface area (Å²) in [6.07, 6.45) is 3.55. The molecule has 1 aliphatic heterocycles. The Hall–Kier alpha value is -3.43. The molecule has 0 radical (unpaired) electrons. The Kier molecular flexibility index (Phi) is 11.2. The van der Waals surface area contributed by atoms with Crippen LogP contribution in [0.2, 0.25) is 0 Å². The van der Waals surface area contributed by atoms with E-state index >= 15 is 0 Å². The molecule has 1 saturated heterocycles. The van der Waals surface area contributed by atoms with Crippen LogP contribution in [0.1, 0.15) is 57.4 Å². The molecule has 1 fully saturated rings. The lowest BCUT2D eigenvalue weighted by Crippen LogP contribution is -2.53. The summed E-state index contributed by atoms with van der Waals surface area (Å²) in [7, 11) is 0. The fourth-order valence-corrected chi connectivity index (χ4v) is 4.36. The number of carbonyl (C=O) groups is 4. The summed E-state index contributed by atoms with van der Waals surface area (Å²) in [6.45, 7) is 1.73. The van der Waals surface area contributed by atoms with Crippen molar-refractivity contribution in [2.45, 2.75) is 70.4 Å². The fraction of sp³-hybridized carbons (Fsp3) is 0.560. The van der Waals surface area contributed by atoms with E-state index in [1.54, 1.807) is 0 Å². The molecule has 0 saturated carbocycles. The highest BCUT2D eigenvalue weighted by Crippen LogP contribution is 2.19. The number of amides is 4. The Morgan fingerprint density at radius 2 is 1.80 bits per heavy atom. The lowest BCUT2D eigenvalue weighted by atomic mass is 9.95. The van der Waals surface area contributed by atoms with Gasteiger partial charge in [-0.25, -0.2) is 0 Å². The molecule has 2 rings (SSSR count). The highest BCUT2D eigenvalue weighted by atomic mass is 16.2. The maximum absolute atomic E-state index is 13.5. The van der Waals surface area contributed by atoms with E-state index in [1.807, 2.05) is 37.3 Å². The zero-order chi connectivity index (χ0) is 25.8. The standard InChI is InChI=1S/C25H38N6O4/c1-2-8-20-24(34)29-19(13-17-9-4-3-5-10-17)15-31(16-22(28)32)25(35)18(14-23(33)30-20)11-6-7-12-21(26)27/h3-5,9-10,18-20H,2,6-8,11-16H2,1H3,(H3,26,27)(H2,28,32)(H,29,34)(H,30,33). The molecular formula is C25H38N6O4. The Morgan fingerprint density at radius 3 is 2.43 bits per heavy atom. The first-order valence-electron chi connectivity index (χ1n) is 12.2. The van der Waals surface area contributed by atoms with Crippen molar-refractivity contribution in [1.29, 1.82) is 5.41 Å². The quantitative estimate of drug-likeness (QED) is 0.177. The van der Waals surface area contributed by atoms with Crippen LogP contribution in [-0.4, -0.2) is 59.5 Å². The number of primary amides is 1. The van der Waals surface area contributed by atoms with E-state index in [0.717, 1.165) is 5.56 Å². The summed E-state index contributed by atoms with van der Waals surface area (Å²) in [4.78, 5) is 52.6. The van der Waals surface area contributed by atoms with Gasteiger partial charge >= 0.3 is 0 Å². The van der Waals surface area contributed by atoms with Crippen LogP contribution in [0.15, 0.2) is 30.3 Å². The summed E-state index contributed by atoms with van der Waals surface area (Å²) in [5, 5.41) is 13.2. The Labute approximate surface area is 206 Å². The summed E-state index contributed by atoms with van der Waals surface area (Å²) in [5.41, 5.74) is 11.9. The summed E-state index contributed by atoms with van der Waals surface area (Å²) < 4.78 is 0. The molecule has 3 atom stereocenters. The van der Waals surface area contributed by atoms with E-state index in [0.29, 0.717) is 44.9 Å². The number of hydrogen-bond acceptors (Lipinski definition) is 5. The average molecular weight is 487 g/mol. The Bertz CT molecular complexity index is 891. The number of nitrogens with zero attached hydrogens (tertiary/aromatic N) is 1. The van der Waals surface area contributed by atoms with Crippen LogP contribution in [0, 0.1) is 11.3 Å². The molecule has 0 aliphatic carbocycles. The molecule has 0 spiro atoms. The van der Waals surface area contributed by atoms with Gasteiger partial charge in [0, 0.05) is 25.3 Å². The molecule has 35 heavy (non-hydrogen) atoms. The van der Waals surface area contributed by atoms with Gasteiger partial charge in [0.2, 0.25) is 23.6 Å². The van der Waals surface area contributed by atoms with Crippen molar-refractivity contribution < 1.29 is 19.2 Å². The molecule has 7 N–H and O–H groups in total. The zero-order valence-corrected chi connectivity index (χ0v) is 20.4. The van der Waals surface area contributed by atoms with Crippen molar-refractivity contribution in [3.63, 3.8) is 0 Å². The number of carbonyl (C=O) groups excluding carboxylic acids is 4. The lowest BCUT2D eigenvalue weighted by Gasteiger charge is -2.30. The predicted molar refractivity (Wildman–Crippen MR) is 133 cm³/mol. The monoisotopic (exact) mass is 486 g/mol. The van der Waals surface area contributed by atoms with E-state index < -0.39 is 23.9 Å². The van der Waals surface area contributed by atoms with Crippen LogP contribution in [0.3, 0.4) is 0 Å². The van der Waals surface area contributed by atoms with Gasteiger partial charge in [-0.3, -0.25) is 24.6 Å². The number of nitrogens with one attached hydrogen (secondary N) is 3. The van der Waals surface area contributed by atoms with Gasteiger partial charge in [0.05, 0.1) is 18.4 Å². The number of unbranched alkanes of at least 4 members (excludes halogenated alkanes) is 1. The van der Waals surface area contributed by atoms with Gasteiger partial charge in [-0.2, -0.15) is 0 Å². The SMILES string of the molecule is CCCC1NC(=O)CC(CCCCC(=N)N)C(=O)N(CC(N)=O)CC(Cc2ccccc2)NC1=O. The third-order valence-corrected chi connectivity index (χ3v) is 6.03. The number of hydrogen-bond donors (Lipinski definition) is 5. The first-order valence-corrected chi connectivity index (χ1v) is 12.2. The third-order valence-electron chi connectivity index (χ3n) is 6.03. The van der Waals surface area contributed by atoms with Gasteiger partial charge in [-0.05, 0) is 31.2 Å². The molecule has 192 valence electrons. The molecule has 1 aliphatic rings. The van der Waals surface area contributed by atoms with Crippen LogP contribution in [0.4, 0.5) is 0 Å². The van der Waals surface area contributed by atoms with Crippen molar-refractivity contribution in [1.82, 2.24) is 15.5 Å². The van der Waals surface area contributed by atoms with Crippen LogP contribution in [0.5, 0.6) is 0 Å². The molecule has 0 aromatic heterocycles. The first kappa shape index (κ1) is 27.8. The minimum absolute atomic E-state index is 0.0719. The van der Waals surface area contributed by atoms with Gasteiger partial charge < -0.3 is 27.0 Å². The van der Waals surface area contributed by atoms with Crippen LogP contribution >= 0.6 is 0 Å². The smallest absolute Gasteiger partial charge is 0.242 e. The molecule has 3 unspecified atom stereocenters. The van der Waals surface area contributed by atoms with E-state index in [9.17, 15) is 19.2 Å². The zero-order valence-electron chi connectivity index (χ0n) is 20.4. The summed E-state index contributed by atoms with van der Waals surface area (Å²) >= 11 is 0. The second kappa shape index (κ2) is 14.1. The molecular weight excluding hydrogens is 448 g/mol. The average Bonchev–Trinajstić information content (AvgIpc) is 2.80. The molecule has 10 nitrogen and oxygen atoms in total. The van der Waals surface area contributed by atoms with Gasteiger partial charge in [-0.15, -0.1) is 0 Å². The minimum Gasteiger partial charge on any atom is -0.388 e. The van der Waals surface area contributed by atoms with E-state index in [4.69, 9.17) is 16.9 Å². The predicted octanol–water partition coefficient (Wildman–Crippen LogP) is 0.829. The first-order chi connectivity index (χ1) is 16.7. The molecule has 0 bridgehead atoms. The van der Waals surface area contributed by atoms with Gasteiger partial charge in [-0.1, -0.05) is 50.1 Å². The number of amidine groups is 1. The largest absolute Gasteiger partial charge is 0.388 e. The van der Waals surface area contributed by atoms with Crippen molar-refractivity contribution in [3.05, 3.63) is 35.9 Å². The van der Waals surface area contributed by atoms with Gasteiger partial charge in [0.15, 0.2) is 0 Å². The minimum atomic E-state index is -0.707. The van der Waals surface area contributed by atoms with Gasteiger partial charge in [0.25, 0.3) is 0 Å². The fourth-order valence-electron chi connectivity index (χ4n) is 4.36. The highest BCUT2D eigenvalue weighted by molar-refractivity contribution is 5.92. The molecule has 1 heterocycles. The highest BCUT2D eigenvalue weighted by Gasteiger charge is 2.33. The maximum atomic E-state index is 13.5. The van der Waals surface area contributed by atoms with Crippen molar-refractivity contribution >= 4 is 29.5 Å². The Balaban J connectivity index is 2.34. The number of benzene rings is 1. The van der Waals surface area contributed by atoms with E-state index in [1.165, 1.54) is 4.90 Å². The van der Waals surface area contributed by atoms with Crippen LogP contribution in [-0.2, 0) is 25.6 Å². The van der Waals surface area contributed by atoms with Crippen LogP contribution in [0.25, 0.3) is 0 Å². The topological polar surface area (TPSA) is 171 Å². The van der Waals surface area contributed by atoms with Crippen molar-refractivity contribution in [3.8, 4) is 0 Å². The number of rotatable bonds is 11. The Morgan fingerprint density at radius 1 is 1.09 bits per heavy atom. The summed E-state index contributed by atoms with van der Waals surface area (Å²) in [5.74, 6) is -2.31. The lowest BCUT2D eigenvalue weighted by molar-refractivity contribution is -0.141. The number of nitrogens with two attached hydrogens (primary N) is 2. The molecule has 1 aromatic carbocycles. The summed E-state index contributed by atoms with van der Waals surface area (Å²) in [6, 6.07) is 8.37. The van der Waals surface area contributed by atoms with E-state index in [-0.39, 0.29) is 43.1 Å². The van der Waals surface area contributed by atoms with Crippen LogP contribution < -0.4 is 22.1 Å². The van der Waals surface area contributed by atoms with Crippen molar-refractivity contribution in [2.75, 3.05) is 13.1 Å². The van der Waals surface area contributed by atoms with Crippen molar-refractivity contribution in [2.24, 2.45) is 17.4 Å². The van der Waals surface area contributed by atoms with Gasteiger partial charge in [0.1, 0.15) is 6.04 Å². The van der Waals surface area contributed by atoms with E-state index in [2.05, 4.69) is 10.6 Å². The second-order valence-electron chi connectivity index (χ2n) is 9.16. The normalized spacial score (nSPS) is 21.6. The molecule has 1 aromatic rings. The second-order valence-corrected chi connectivity index (χ2v) is 9.16. The third kappa shape index (κ3) is 9.76. The molecule has 10 heteroatoms. The molecule has 4 amide bonds.